The van der Waals surface area contributed by atoms with Crippen molar-refractivity contribution in [3.05, 3.63) is 35.4 Å². The van der Waals surface area contributed by atoms with E-state index >= 15 is 0 Å². The third-order valence-corrected chi connectivity index (χ3v) is 2.19. The van der Waals surface area contributed by atoms with E-state index in [0.717, 1.165) is 18.9 Å². The van der Waals surface area contributed by atoms with Crippen LogP contribution in [0.2, 0.25) is 0 Å². The normalized spacial score (nSPS) is 22.2. The van der Waals surface area contributed by atoms with Gasteiger partial charge in [-0.05, 0) is 30.5 Å². The fourth-order valence-electron chi connectivity index (χ4n) is 1.60. The zero-order chi connectivity index (χ0) is 9.26. The molecule has 0 saturated carbocycles. The van der Waals surface area contributed by atoms with Gasteiger partial charge in [0.15, 0.2) is 0 Å². The topological polar surface area (TPSA) is 9.23 Å². The summed E-state index contributed by atoms with van der Waals surface area (Å²) in [6.07, 6.45) is 1.69. The Kier molecular flexibility index (Phi) is 2.27. The maximum absolute atomic E-state index is 12.8. The van der Waals surface area contributed by atoms with Crippen LogP contribution in [0.3, 0.4) is 0 Å². The zero-order valence-electron chi connectivity index (χ0n) is 7.09. The highest BCUT2D eigenvalue weighted by atomic mass is 19.1. The van der Waals surface area contributed by atoms with Crippen LogP contribution >= 0.6 is 0 Å². The molecule has 1 aliphatic rings. The number of hydrogen-bond donors (Lipinski definition) is 0. The minimum Gasteiger partial charge on any atom is -0.374 e. The van der Waals surface area contributed by atoms with Gasteiger partial charge in [-0.3, -0.25) is 0 Å². The molecule has 0 aliphatic carbocycles. The Morgan fingerprint density at radius 1 is 1.15 bits per heavy atom. The van der Waals surface area contributed by atoms with Crippen LogP contribution in [0.4, 0.5) is 8.78 Å². The Bertz CT molecular complexity index is 286. The maximum Gasteiger partial charge on any atom is 0.126 e. The van der Waals surface area contributed by atoms with Gasteiger partial charge in [-0.2, -0.15) is 0 Å². The molecule has 0 radical (unpaired) electrons. The van der Waals surface area contributed by atoms with Crippen LogP contribution in [0, 0.1) is 11.6 Å². The average molecular weight is 184 g/mol. The molecular weight excluding hydrogens is 174 g/mol. The molecule has 1 atom stereocenters. The van der Waals surface area contributed by atoms with E-state index in [9.17, 15) is 8.78 Å². The molecule has 70 valence electrons. The first-order valence-corrected chi connectivity index (χ1v) is 4.33. The molecular formula is C10H10F2O. The van der Waals surface area contributed by atoms with Crippen molar-refractivity contribution < 1.29 is 13.5 Å². The molecule has 0 aromatic heterocycles. The van der Waals surface area contributed by atoms with E-state index in [1.165, 1.54) is 12.1 Å². The summed E-state index contributed by atoms with van der Waals surface area (Å²) in [5.41, 5.74) is 0.606. The quantitative estimate of drug-likeness (QED) is 0.652. The van der Waals surface area contributed by atoms with E-state index in [0.29, 0.717) is 12.2 Å². The lowest BCUT2D eigenvalue weighted by Gasteiger charge is -2.09. The highest BCUT2D eigenvalue weighted by Gasteiger charge is 2.18. The van der Waals surface area contributed by atoms with E-state index in [4.69, 9.17) is 4.74 Å². The Hall–Kier alpha value is -0.960. The van der Waals surface area contributed by atoms with E-state index in [1.807, 2.05) is 0 Å². The molecule has 2 rings (SSSR count). The zero-order valence-corrected chi connectivity index (χ0v) is 7.09. The summed E-state index contributed by atoms with van der Waals surface area (Å²) in [5.74, 6) is -1.07. The van der Waals surface area contributed by atoms with Crippen molar-refractivity contribution in [1.82, 2.24) is 0 Å². The van der Waals surface area contributed by atoms with Gasteiger partial charge in [-0.1, -0.05) is 0 Å². The summed E-state index contributed by atoms with van der Waals surface area (Å²) in [5, 5.41) is 0. The lowest BCUT2D eigenvalue weighted by atomic mass is 10.1. The maximum atomic E-state index is 12.8. The highest BCUT2D eigenvalue weighted by Crippen LogP contribution is 2.29. The third kappa shape index (κ3) is 1.86. The first-order valence-electron chi connectivity index (χ1n) is 4.33. The Morgan fingerprint density at radius 3 is 2.38 bits per heavy atom. The van der Waals surface area contributed by atoms with Crippen molar-refractivity contribution in [3.8, 4) is 0 Å². The number of benzene rings is 1. The smallest absolute Gasteiger partial charge is 0.126 e. The first kappa shape index (κ1) is 8.63. The molecule has 1 saturated heterocycles. The summed E-state index contributed by atoms with van der Waals surface area (Å²) < 4.78 is 30.9. The van der Waals surface area contributed by atoms with Crippen LogP contribution in [0.1, 0.15) is 24.5 Å². The molecule has 1 heterocycles. The van der Waals surface area contributed by atoms with Crippen molar-refractivity contribution in [2.45, 2.75) is 18.9 Å². The largest absolute Gasteiger partial charge is 0.374 e. The van der Waals surface area contributed by atoms with Gasteiger partial charge < -0.3 is 4.74 Å². The van der Waals surface area contributed by atoms with Crippen LogP contribution in [0.25, 0.3) is 0 Å². The second-order valence-electron chi connectivity index (χ2n) is 3.20. The lowest BCUT2D eigenvalue weighted by Crippen LogP contribution is -1.97. The van der Waals surface area contributed by atoms with Crippen molar-refractivity contribution in [3.63, 3.8) is 0 Å². The van der Waals surface area contributed by atoms with Gasteiger partial charge in [-0.25, -0.2) is 8.78 Å². The minimum absolute atomic E-state index is 0.120. The van der Waals surface area contributed by atoms with Gasteiger partial charge in [-0.15, -0.1) is 0 Å². The van der Waals surface area contributed by atoms with E-state index in [1.54, 1.807) is 0 Å². The van der Waals surface area contributed by atoms with Crippen molar-refractivity contribution >= 4 is 0 Å². The third-order valence-electron chi connectivity index (χ3n) is 2.19. The van der Waals surface area contributed by atoms with Crippen molar-refractivity contribution in [1.29, 1.82) is 0 Å². The number of hydrogen-bond acceptors (Lipinski definition) is 1. The molecule has 13 heavy (non-hydrogen) atoms. The number of ether oxygens (including phenoxy) is 1. The molecule has 1 nitrogen and oxygen atoms in total. The van der Waals surface area contributed by atoms with Gasteiger partial charge in [0, 0.05) is 12.7 Å². The molecule has 3 heteroatoms. The van der Waals surface area contributed by atoms with Gasteiger partial charge in [0.05, 0.1) is 6.10 Å². The molecule has 0 N–H and O–H groups in total. The summed E-state index contributed by atoms with van der Waals surface area (Å²) in [6.45, 7) is 0.683. The SMILES string of the molecule is Fc1cc(F)cc(C2CCCO2)c1. The molecule has 0 amide bonds. The molecule has 1 aromatic rings. The van der Waals surface area contributed by atoms with Gasteiger partial charge in [0.1, 0.15) is 11.6 Å². The van der Waals surface area contributed by atoms with Crippen molar-refractivity contribution in [2.24, 2.45) is 0 Å². The minimum atomic E-state index is -0.537. The van der Waals surface area contributed by atoms with Crippen LogP contribution in [-0.2, 0) is 4.74 Å². The lowest BCUT2D eigenvalue weighted by molar-refractivity contribution is 0.111. The molecule has 1 unspecified atom stereocenters. The van der Waals surface area contributed by atoms with Gasteiger partial charge >= 0.3 is 0 Å². The van der Waals surface area contributed by atoms with E-state index < -0.39 is 11.6 Å². The summed E-state index contributed by atoms with van der Waals surface area (Å²) >= 11 is 0. The first-order chi connectivity index (χ1) is 6.25. The Balaban J connectivity index is 2.28. The second-order valence-corrected chi connectivity index (χ2v) is 3.20. The van der Waals surface area contributed by atoms with Gasteiger partial charge in [0.25, 0.3) is 0 Å². The number of halogens is 2. The fourth-order valence-corrected chi connectivity index (χ4v) is 1.60. The predicted molar refractivity (Wildman–Crippen MR) is 44.3 cm³/mol. The molecule has 1 aromatic carbocycles. The second kappa shape index (κ2) is 3.42. The monoisotopic (exact) mass is 184 g/mol. The van der Waals surface area contributed by atoms with Crippen LogP contribution in [0.5, 0.6) is 0 Å². The van der Waals surface area contributed by atoms with Crippen LogP contribution < -0.4 is 0 Å². The molecule has 0 bridgehead atoms. The standard InChI is InChI=1S/C10H10F2O/c11-8-4-7(5-9(12)6-8)10-2-1-3-13-10/h4-6,10H,1-3H2. The molecule has 1 fully saturated rings. The van der Waals surface area contributed by atoms with E-state index in [2.05, 4.69) is 0 Å². The molecule has 1 aliphatic heterocycles. The van der Waals surface area contributed by atoms with Crippen LogP contribution in [0.15, 0.2) is 18.2 Å². The highest BCUT2D eigenvalue weighted by molar-refractivity contribution is 5.20. The van der Waals surface area contributed by atoms with E-state index in [-0.39, 0.29) is 6.10 Å². The Labute approximate surface area is 75.3 Å². The summed E-state index contributed by atoms with van der Waals surface area (Å²) in [7, 11) is 0. The average Bonchev–Trinajstić information content (AvgIpc) is 2.53. The van der Waals surface area contributed by atoms with Crippen LogP contribution in [-0.4, -0.2) is 6.61 Å². The fraction of sp³-hybridized carbons (Fsp3) is 0.400. The predicted octanol–water partition coefficient (Wildman–Crippen LogP) is 2.82. The summed E-state index contributed by atoms with van der Waals surface area (Å²) in [4.78, 5) is 0. The summed E-state index contributed by atoms with van der Waals surface area (Å²) in [6, 6.07) is 3.54. The number of rotatable bonds is 1. The van der Waals surface area contributed by atoms with Crippen molar-refractivity contribution in [2.75, 3.05) is 6.61 Å². The Morgan fingerprint density at radius 2 is 1.85 bits per heavy atom. The van der Waals surface area contributed by atoms with Gasteiger partial charge in [0.2, 0.25) is 0 Å². The molecule has 0 spiro atoms.